The number of hydrogen-bond acceptors (Lipinski definition) is 3. The summed E-state index contributed by atoms with van der Waals surface area (Å²) in [6, 6.07) is 8.81. The van der Waals surface area contributed by atoms with Gasteiger partial charge in [-0.1, -0.05) is 25.5 Å². The lowest BCUT2D eigenvalue weighted by molar-refractivity contribution is 0.149. The summed E-state index contributed by atoms with van der Waals surface area (Å²) in [5, 5.41) is 0. The van der Waals surface area contributed by atoms with Gasteiger partial charge in [0.25, 0.3) is 0 Å². The molecule has 1 aliphatic rings. The highest BCUT2D eigenvalue weighted by atomic mass is 16.5. The van der Waals surface area contributed by atoms with Crippen molar-refractivity contribution >= 4 is 0 Å². The predicted octanol–water partition coefficient (Wildman–Crippen LogP) is 2.61. The van der Waals surface area contributed by atoms with E-state index < -0.39 is 0 Å². The zero-order chi connectivity index (χ0) is 13.7. The average Bonchev–Trinajstić information content (AvgIpc) is 2.49. The van der Waals surface area contributed by atoms with Gasteiger partial charge in [0.05, 0.1) is 7.11 Å². The van der Waals surface area contributed by atoms with E-state index in [9.17, 15) is 0 Å². The molecule has 2 atom stereocenters. The van der Waals surface area contributed by atoms with Crippen LogP contribution in [-0.4, -0.2) is 37.7 Å². The van der Waals surface area contributed by atoms with Crippen LogP contribution in [0.15, 0.2) is 24.3 Å². The molecule has 1 aliphatic heterocycles. The molecule has 3 heteroatoms. The van der Waals surface area contributed by atoms with Crippen molar-refractivity contribution in [1.29, 1.82) is 0 Å². The largest absolute Gasteiger partial charge is 0.497 e. The molecule has 1 aromatic rings. The number of benzene rings is 1. The van der Waals surface area contributed by atoms with Gasteiger partial charge in [-0.3, -0.25) is 4.90 Å². The van der Waals surface area contributed by atoms with Crippen LogP contribution in [0, 0.1) is 0 Å². The average molecular weight is 262 g/mol. The van der Waals surface area contributed by atoms with Crippen LogP contribution in [0.25, 0.3) is 0 Å². The molecule has 106 valence electrons. The van der Waals surface area contributed by atoms with Crippen molar-refractivity contribution in [2.45, 2.75) is 38.1 Å². The summed E-state index contributed by atoms with van der Waals surface area (Å²) in [5.41, 5.74) is 7.36. The van der Waals surface area contributed by atoms with Crippen LogP contribution in [0.1, 0.15) is 37.7 Å². The lowest BCUT2D eigenvalue weighted by Crippen LogP contribution is -2.46. The van der Waals surface area contributed by atoms with Gasteiger partial charge in [-0.15, -0.1) is 0 Å². The lowest BCUT2D eigenvalue weighted by Gasteiger charge is -2.37. The minimum Gasteiger partial charge on any atom is -0.497 e. The Labute approximate surface area is 116 Å². The van der Waals surface area contributed by atoms with Crippen molar-refractivity contribution in [1.82, 2.24) is 4.90 Å². The Morgan fingerprint density at radius 3 is 2.63 bits per heavy atom. The maximum absolute atomic E-state index is 6.04. The number of hydrogen-bond donors (Lipinski definition) is 1. The number of ether oxygens (including phenoxy) is 1. The van der Waals surface area contributed by atoms with Gasteiger partial charge in [0.1, 0.15) is 5.75 Å². The van der Waals surface area contributed by atoms with Gasteiger partial charge < -0.3 is 10.5 Å². The number of nitrogens with zero attached hydrogens (tertiary/aromatic N) is 1. The van der Waals surface area contributed by atoms with Crippen molar-refractivity contribution in [2.75, 3.05) is 26.7 Å². The van der Waals surface area contributed by atoms with Crippen LogP contribution in [0.4, 0.5) is 0 Å². The Bertz CT molecular complexity index is 388. The summed E-state index contributed by atoms with van der Waals surface area (Å²) in [6.07, 6.45) is 3.98. The molecule has 0 saturated carbocycles. The topological polar surface area (TPSA) is 38.5 Å². The minimum absolute atomic E-state index is 0.437. The summed E-state index contributed by atoms with van der Waals surface area (Å²) in [6.45, 7) is 5.38. The van der Waals surface area contributed by atoms with Crippen LogP contribution in [0.3, 0.4) is 0 Å². The molecule has 0 spiro atoms. The molecule has 0 aromatic heterocycles. The van der Waals surface area contributed by atoms with E-state index in [1.165, 1.54) is 37.9 Å². The fourth-order valence-electron chi connectivity index (χ4n) is 3.07. The van der Waals surface area contributed by atoms with Crippen molar-refractivity contribution in [3.63, 3.8) is 0 Å². The van der Waals surface area contributed by atoms with E-state index in [0.717, 1.165) is 12.3 Å². The summed E-state index contributed by atoms with van der Waals surface area (Å²) in [4.78, 5) is 2.56. The Morgan fingerprint density at radius 2 is 2.00 bits per heavy atom. The third-order valence-corrected chi connectivity index (χ3v) is 4.30. The smallest absolute Gasteiger partial charge is 0.119 e. The normalized spacial score (nSPS) is 19.9. The van der Waals surface area contributed by atoms with Crippen molar-refractivity contribution in [2.24, 2.45) is 5.73 Å². The van der Waals surface area contributed by atoms with E-state index >= 15 is 0 Å². The summed E-state index contributed by atoms with van der Waals surface area (Å²) < 4.78 is 5.32. The van der Waals surface area contributed by atoms with E-state index in [1.807, 2.05) is 6.07 Å². The summed E-state index contributed by atoms with van der Waals surface area (Å²) >= 11 is 0. The Hall–Kier alpha value is -1.06. The molecule has 0 radical (unpaired) electrons. The first-order valence-corrected chi connectivity index (χ1v) is 7.34. The van der Waals surface area contributed by atoms with Crippen LogP contribution in [0.5, 0.6) is 5.75 Å². The van der Waals surface area contributed by atoms with Crippen LogP contribution in [-0.2, 0) is 0 Å². The number of likely N-dealkylation sites (tertiary alicyclic amines) is 1. The van der Waals surface area contributed by atoms with Gasteiger partial charge in [0.2, 0.25) is 0 Å². The van der Waals surface area contributed by atoms with Gasteiger partial charge >= 0.3 is 0 Å². The Balaban J connectivity index is 2.12. The number of piperidine rings is 1. The molecule has 2 N–H and O–H groups in total. The first-order valence-electron chi connectivity index (χ1n) is 7.34. The lowest BCUT2D eigenvalue weighted by atomic mass is 9.91. The second-order valence-electron chi connectivity index (χ2n) is 5.46. The Kier molecular flexibility index (Phi) is 5.23. The van der Waals surface area contributed by atoms with E-state index in [0.29, 0.717) is 12.0 Å². The molecule has 19 heavy (non-hydrogen) atoms. The van der Waals surface area contributed by atoms with E-state index in [2.05, 4.69) is 30.0 Å². The molecule has 1 fully saturated rings. The first-order chi connectivity index (χ1) is 9.26. The molecule has 0 aliphatic carbocycles. The van der Waals surface area contributed by atoms with E-state index in [-0.39, 0.29) is 0 Å². The highest BCUT2D eigenvalue weighted by Gasteiger charge is 2.25. The molecule has 2 unspecified atom stereocenters. The standard InChI is InChI=1S/C16H26N2O/c1-13(14-7-6-8-15(11-14)19-2)16(12-17)18-9-4-3-5-10-18/h6-8,11,13,16H,3-5,9-10,12,17H2,1-2H3. The zero-order valence-electron chi connectivity index (χ0n) is 12.1. The molecular formula is C16H26N2O. The van der Waals surface area contributed by atoms with Gasteiger partial charge in [-0.25, -0.2) is 0 Å². The van der Waals surface area contributed by atoms with Gasteiger partial charge in [0, 0.05) is 12.6 Å². The fraction of sp³-hybridized carbons (Fsp3) is 0.625. The van der Waals surface area contributed by atoms with Gasteiger partial charge in [-0.2, -0.15) is 0 Å². The molecule has 2 rings (SSSR count). The summed E-state index contributed by atoms with van der Waals surface area (Å²) in [5.74, 6) is 1.37. The molecular weight excluding hydrogens is 236 g/mol. The molecule has 3 nitrogen and oxygen atoms in total. The highest BCUT2D eigenvalue weighted by molar-refractivity contribution is 5.31. The van der Waals surface area contributed by atoms with Crippen molar-refractivity contribution in [3.05, 3.63) is 29.8 Å². The first kappa shape index (κ1) is 14.4. The second-order valence-corrected chi connectivity index (χ2v) is 5.46. The monoisotopic (exact) mass is 262 g/mol. The van der Waals surface area contributed by atoms with Crippen LogP contribution in [0.2, 0.25) is 0 Å². The maximum atomic E-state index is 6.04. The van der Waals surface area contributed by atoms with E-state index in [4.69, 9.17) is 10.5 Å². The second kappa shape index (κ2) is 6.92. The number of rotatable bonds is 5. The van der Waals surface area contributed by atoms with Crippen molar-refractivity contribution in [3.8, 4) is 5.75 Å². The maximum Gasteiger partial charge on any atom is 0.119 e. The molecule has 1 saturated heterocycles. The highest BCUT2D eigenvalue weighted by Crippen LogP contribution is 2.27. The van der Waals surface area contributed by atoms with E-state index in [1.54, 1.807) is 7.11 Å². The SMILES string of the molecule is COc1cccc(C(C)C(CN)N2CCCCC2)c1. The van der Waals surface area contributed by atoms with Crippen LogP contribution < -0.4 is 10.5 Å². The van der Waals surface area contributed by atoms with Gasteiger partial charge in [-0.05, 0) is 49.5 Å². The molecule has 0 amide bonds. The fourth-order valence-corrected chi connectivity index (χ4v) is 3.07. The quantitative estimate of drug-likeness (QED) is 0.886. The minimum atomic E-state index is 0.437. The third-order valence-electron chi connectivity index (χ3n) is 4.30. The number of methoxy groups -OCH3 is 1. The van der Waals surface area contributed by atoms with Gasteiger partial charge in [0.15, 0.2) is 0 Å². The molecule has 1 heterocycles. The number of nitrogens with two attached hydrogens (primary N) is 1. The van der Waals surface area contributed by atoms with Crippen LogP contribution >= 0.6 is 0 Å². The third kappa shape index (κ3) is 3.48. The Morgan fingerprint density at radius 1 is 1.26 bits per heavy atom. The molecule has 0 bridgehead atoms. The zero-order valence-corrected chi connectivity index (χ0v) is 12.1. The summed E-state index contributed by atoms with van der Waals surface area (Å²) in [7, 11) is 1.72. The molecule has 1 aromatic carbocycles. The predicted molar refractivity (Wildman–Crippen MR) is 79.7 cm³/mol. The van der Waals surface area contributed by atoms with Crippen molar-refractivity contribution < 1.29 is 4.74 Å².